The molecule has 1 saturated heterocycles. The number of nitrogens with zero attached hydrogens (tertiary/aromatic N) is 1. The SMILES string of the molecule is CCOc1cccc2cc(-c3cc(=O)oc4c(CN5CCCCC5)c(O)ccc34)c(=O)oc12. The van der Waals surface area contributed by atoms with E-state index in [9.17, 15) is 14.7 Å². The molecule has 33 heavy (non-hydrogen) atoms. The van der Waals surface area contributed by atoms with Crippen LogP contribution in [0.15, 0.2) is 60.9 Å². The van der Waals surface area contributed by atoms with Crippen molar-refractivity contribution in [1.82, 2.24) is 4.90 Å². The maximum absolute atomic E-state index is 13.0. The molecule has 1 N–H and O–H groups in total. The summed E-state index contributed by atoms with van der Waals surface area (Å²) in [6.45, 7) is 4.63. The fourth-order valence-electron chi connectivity index (χ4n) is 4.56. The van der Waals surface area contributed by atoms with Gasteiger partial charge in [0.2, 0.25) is 0 Å². The van der Waals surface area contributed by atoms with E-state index >= 15 is 0 Å². The number of hydrogen-bond donors (Lipinski definition) is 1. The van der Waals surface area contributed by atoms with Gasteiger partial charge < -0.3 is 18.7 Å². The summed E-state index contributed by atoms with van der Waals surface area (Å²) in [7, 11) is 0. The summed E-state index contributed by atoms with van der Waals surface area (Å²) in [5, 5.41) is 11.8. The Kier molecular flexibility index (Phi) is 5.64. The number of aromatic hydroxyl groups is 1. The van der Waals surface area contributed by atoms with Crippen molar-refractivity contribution < 1.29 is 18.7 Å². The quantitative estimate of drug-likeness (QED) is 0.445. The van der Waals surface area contributed by atoms with Crippen molar-refractivity contribution >= 4 is 21.9 Å². The number of benzene rings is 2. The molecule has 0 amide bonds. The van der Waals surface area contributed by atoms with Crippen LogP contribution in [0.1, 0.15) is 31.7 Å². The molecule has 0 spiro atoms. The maximum Gasteiger partial charge on any atom is 0.344 e. The van der Waals surface area contributed by atoms with Gasteiger partial charge in [0, 0.05) is 28.9 Å². The molecule has 0 atom stereocenters. The van der Waals surface area contributed by atoms with Crippen LogP contribution in [0.5, 0.6) is 11.5 Å². The lowest BCUT2D eigenvalue weighted by Gasteiger charge is -2.26. The smallest absolute Gasteiger partial charge is 0.344 e. The molecule has 170 valence electrons. The Balaban J connectivity index is 1.70. The van der Waals surface area contributed by atoms with Crippen molar-refractivity contribution in [2.75, 3.05) is 19.7 Å². The molecular formula is C26H25NO6. The van der Waals surface area contributed by atoms with Crippen LogP contribution >= 0.6 is 0 Å². The van der Waals surface area contributed by atoms with Crippen LogP contribution in [0.4, 0.5) is 0 Å². The third-order valence-electron chi connectivity index (χ3n) is 6.14. The first-order chi connectivity index (χ1) is 16.0. The third kappa shape index (κ3) is 4.00. The molecule has 7 nitrogen and oxygen atoms in total. The lowest BCUT2D eigenvalue weighted by molar-refractivity contribution is 0.218. The lowest BCUT2D eigenvalue weighted by Crippen LogP contribution is -2.29. The lowest BCUT2D eigenvalue weighted by atomic mass is 9.99. The van der Waals surface area contributed by atoms with Gasteiger partial charge in [-0.1, -0.05) is 18.6 Å². The summed E-state index contributed by atoms with van der Waals surface area (Å²) in [6, 6.07) is 11.7. The van der Waals surface area contributed by atoms with E-state index in [1.54, 1.807) is 24.3 Å². The Hall–Kier alpha value is -3.58. The Morgan fingerprint density at radius 3 is 2.58 bits per heavy atom. The first-order valence-electron chi connectivity index (χ1n) is 11.3. The van der Waals surface area contributed by atoms with Gasteiger partial charge >= 0.3 is 11.3 Å². The van der Waals surface area contributed by atoms with E-state index in [2.05, 4.69) is 4.90 Å². The van der Waals surface area contributed by atoms with Gasteiger partial charge in [0.05, 0.1) is 17.7 Å². The van der Waals surface area contributed by atoms with Crippen LogP contribution < -0.4 is 16.0 Å². The fourth-order valence-corrected chi connectivity index (χ4v) is 4.56. The second-order valence-corrected chi connectivity index (χ2v) is 8.31. The summed E-state index contributed by atoms with van der Waals surface area (Å²) in [6.07, 6.45) is 3.39. The number of likely N-dealkylation sites (tertiary alicyclic amines) is 1. The predicted octanol–water partition coefficient (Wildman–Crippen LogP) is 4.66. The first kappa shape index (κ1) is 21.3. The van der Waals surface area contributed by atoms with Gasteiger partial charge in [0.1, 0.15) is 11.3 Å². The van der Waals surface area contributed by atoms with Crippen LogP contribution in [0.3, 0.4) is 0 Å². The molecule has 0 saturated carbocycles. The van der Waals surface area contributed by atoms with Crippen molar-refractivity contribution in [3.05, 3.63) is 68.9 Å². The summed E-state index contributed by atoms with van der Waals surface area (Å²) in [5.41, 5.74) is 0.714. The minimum Gasteiger partial charge on any atom is -0.507 e. The molecule has 2 aromatic heterocycles. The molecule has 1 fully saturated rings. The molecule has 5 rings (SSSR count). The Bertz CT molecular complexity index is 1450. The number of fused-ring (bicyclic) bond motifs is 2. The van der Waals surface area contributed by atoms with Gasteiger partial charge in [-0.25, -0.2) is 9.59 Å². The molecule has 0 unspecified atom stereocenters. The van der Waals surface area contributed by atoms with Crippen LogP contribution in [0.2, 0.25) is 0 Å². The van der Waals surface area contributed by atoms with Crippen LogP contribution in [0, 0.1) is 0 Å². The summed E-state index contributed by atoms with van der Waals surface area (Å²) >= 11 is 0. The van der Waals surface area contributed by atoms with Crippen LogP contribution in [0.25, 0.3) is 33.1 Å². The van der Waals surface area contributed by atoms with Crippen molar-refractivity contribution in [3.8, 4) is 22.6 Å². The molecule has 2 aromatic carbocycles. The topological polar surface area (TPSA) is 93.1 Å². The van der Waals surface area contributed by atoms with Crippen molar-refractivity contribution in [2.45, 2.75) is 32.7 Å². The summed E-state index contributed by atoms with van der Waals surface area (Å²) < 4.78 is 16.8. The standard InChI is InChI=1S/C26H25NO6/c1-2-31-22-8-6-7-16-13-19(26(30)33-24(16)22)18-14-23(29)32-25-17(18)9-10-21(28)20(25)15-27-11-4-3-5-12-27/h6-10,13-14,28H,2-5,11-12,15H2,1H3. The van der Waals surface area contributed by atoms with Crippen LogP contribution in [-0.4, -0.2) is 29.7 Å². The molecule has 4 aromatic rings. The van der Waals surface area contributed by atoms with Gasteiger partial charge in [-0.05, 0) is 57.1 Å². The predicted molar refractivity (Wildman–Crippen MR) is 126 cm³/mol. The largest absolute Gasteiger partial charge is 0.507 e. The van der Waals surface area contributed by atoms with Crippen molar-refractivity contribution in [3.63, 3.8) is 0 Å². The summed E-state index contributed by atoms with van der Waals surface area (Å²) in [4.78, 5) is 27.8. The fraction of sp³-hybridized carbons (Fsp3) is 0.308. The molecule has 7 heteroatoms. The van der Waals surface area contributed by atoms with E-state index in [1.807, 2.05) is 19.1 Å². The molecule has 1 aliphatic rings. The number of piperidine rings is 1. The van der Waals surface area contributed by atoms with E-state index < -0.39 is 11.3 Å². The minimum atomic E-state index is -0.592. The number of ether oxygens (including phenoxy) is 1. The zero-order valence-corrected chi connectivity index (χ0v) is 18.4. The molecular weight excluding hydrogens is 422 g/mol. The first-order valence-corrected chi connectivity index (χ1v) is 11.3. The second-order valence-electron chi connectivity index (χ2n) is 8.31. The van der Waals surface area contributed by atoms with Crippen molar-refractivity contribution in [1.29, 1.82) is 0 Å². The number of hydrogen-bond acceptors (Lipinski definition) is 7. The van der Waals surface area contributed by atoms with Gasteiger partial charge in [0.25, 0.3) is 0 Å². The molecule has 0 bridgehead atoms. The zero-order valence-electron chi connectivity index (χ0n) is 18.4. The number of phenolic OH excluding ortho intramolecular Hbond substituents is 1. The average molecular weight is 447 g/mol. The van der Waals surface area contributed by atoms with Crippen LogP contribution in [-0.2, 0) is 6.54 Å². The van der Waals surface area contributed by atoms with Gasteiger partial charge in [-0.3, -0.25) is 4.90 Å². The van der Waals surface area contributed by atoms with E-state index in [0.29, 0.717) is 52.0 Å². The van der Waals surface area contributed by atoms with Crippen molar-refractivity contribution in [2.24, 2.45) is 0 Å². The molecule has 0 radical (unpaired) electrons. The van der Waals surface area contributed by atoms with Gasteiger partial charge in [-0.15, -0.1) is 0 Å². The highest BCUT2D eigenvalue weighted by molar-refractivity contribution is 5.97. The third-order valence-corrected chi connectivity index (χ3v) is 6.14. The molecule has 1 aliphatic heterocycles. The Morgan fingerprint density at radius 1 is 0.970 bits per heavy atom. The van der Waals surface area contributed by atoms with E-state index in [-0.39, 0.29) is 11.3 Å². The zero-order chi connectivity index (χ0) is 22.9. The second kappa shape index (κ2) is 8.75. The highest BCUT2D eigenvalue weighted by Gasteiger charge is 2.20. The number of phenols is 1. The molecule has 3 heterocycles. The highest BCUT2D eigenvalue weighted by atomic mass is 16.5. The van der Waals surface area contributed by atoms with E-state index in [0.717, 1.165) is 25.9 Å². The monoisotopic (exact) mass is 447 g/mol. The van der Waals surface area contributed by atoms with E-state index in [4.69, 9.17) is 13.6 Å². The highest BCUT2D eigenvalue weighted by Crippen LogP contribution is 2.35. The molecule has 0 aliphatic carbocycles. The number of rotatable bonds is 5. The Morgan fingerprint density at radius 2 is 1.79 bits per heavy atom. The average Bonchev–Trinajstić information content (AvgIpc) is 2.81. The van der Waals surface area contributed by atoms with Gasteiger partial charge in [0.15, 0.2) is 11.3 Å². The minimum absolute atomic E-state index is 0.0697. The summed E-state index contributed by atoms with van der Waals surface area (Å²) in [5.74, 6) is 0.560. The number of para-hydroxylation sites is 1. The van der Waals surface area contributed by atoms with Gasteiger partial charge in [-0.2, -0.15) is 0 Å². The van der Waals surface area contributed by atoms with E-state index in [1.165, 1.54) is 12.5 Å². The Labute approximate surface area is 189 Å². The normalized spacial score (nSPS) is 14.7. The maximum atomic E-state index is 13.0.